The first kappa shape index (κ1) is 17.0. The maximum atomic E-state index is 13.0. The molecule has 3 rings (SSSR count). The van der Waals surface area contributed by atoms with Crippen LogP contribution in [0, 0.1) is 0 Å². The van der Waals surface area contributed by atoms with Crippen molar-refractivity contribution in [1.82, 2.24) is 10.1 Å². The number of alkyl halides is 3. The van der Waals surface area contributed by atoms with E-state index in [1.165, 1.54) is 18.2 Å². The third-order valence-corrected chi connectivity index (χ3v) is 3.37. The second-order valence-electron chi connectivity index (χ2n) is 5.28. The maximum Gasteiger partial charge on any atom is 0.417 e. The van der Waals surface area contributed by atoms with Gasteiger partial charge in [-0.05, 0) is 18.6 Å². The van der Waals surface area contributed by atoms with Gasteiger partial charge >= 0.3 is 11.8 Å². The summed E-state index contributed by atoms with van der Waals surface area (Å²) in [7, 11) is 0. The standard InChI is InChI=1S/C16H13F3N2O4/c1-2-3-13-20-14(25-21-13)8-23-9-4-5-10-11(16(17,18)19)7-15(22)24-12(10)6-9/h4-7H,2-3,8H2,1H3. The van der Waals surface area contributed by atoms with Gasteiger partial charge in [-0.3, -0.25) is 0 Å². The summed E-state index contributed by atoms with van der Waals surface area (Å²) in [6.45, 7) is 1.93. The van der Waals surface area contributed by atoms with Crippen LogP contribution < -0.4 is 10.4 Å². The molecule has 0 aliphatic rings. The van der Waals surface area contributed by atoms with Crippen LogP contribution in [0.4, 0.5) is 13.2 Å². The highest BCUT2D eigenvalue weighted by atomic mass is 19.4. The average molecular weight is 354 g/mol. The van der Waals surface area contributed by atoms with Gasteiger partial charge in [-0.15, -0.1) is 0 Å². The molecule has 0 amide bonds. The summed E-state index contributed by atoms with van der Waals surface area (Å²) in [5.41, 5.74) is -2.35. The summed E-state index contributed by atoms with van der Waals surface area (Å²) in [4.78, 5) is 15.5. The molecule has 2 aromatic heterocycles. The Labute approximate surface area is 139 Å². The number of aromatic nitrogens is 2. The summed E-state index contributed by atoms with van der Waals surface area (Å²) < 4.78 is 54.2. The molecule has 132 valence electrons. The molecule has 0 N–H and O–H groups in total. The van der Waals surface area contributed by atoms with E-state index in [1.807, 2.05) is 6.92 Å². The van der Waals surface area contributed by atoms with E-state index in [9.17, 15) is 18.0 Å². The van der Waals surface area contributed by atoms with Crippen molar-refractivity contribution >= 4 is 11.0 Å². The van der Waals surface area contributed by atoms with Crippen LogP contribution in [0.1, 0.15) is 30.6 Å². The fourth-order valence-electron chi connectivity index (χ4n) is 2.29. The number of halogens is 3. The zero-order valence-corrected chi connectivity index (χ0v) is 13.1. The zero-order chi connectivity index (χ0) is 18.0. The van der Waals surface area contributed by atoms with Gasteiger partial charge in [0.2, 0.25) is 0 Å². The number of nitrogens with zero attached hydrogens (tertiary/aromatic N) is 2. The molecule has 25 heavy (non-hydrogen) atoms. The van der Waals surface area contributed by atoms with E-state index in [-0.39, 0.29) is 29.2 Å². The summed E-state index contributed by atoms with van der Waals surface area (Å²) >= 11 is 0. The number of hydrogen-bond acceptors (Lipinski definition) is 6. The minimum Gasteiger partial charge on any atom is -0.484 e. The zero-order valence-electron chi connectivity index (χ0n) is 13.1. The lowest BCUT2D eigenvalue weighted by Gasteiger charge is -2.10. The predicted octanol–water partition coefficient (Wildman–Crippen LogP) is 3.73. The van der Waals surface area contributed by atoms with Crippen molar-refractivity contribution in [3.63, 3.8) is 0 Å². The highest BCUT2D eigenvalue weighted by Gasteiger charge is 2.33. The van der Waals surface area contributed by atoms with Crippen LogP contribution in [0.3, 0.4) is 0 Å². The topological polar surface area (TPSA) is 78.4 Å². The van der Waals surface area contributed by atoms with Gasteiger partial charge in [-0.25, -0.2) is 4.79 Å². The van der Waals surface area contributed by atoms with Crippen LogP contribution in [0.25, 0.3) is 11.0 Å². The SMILES string of the molecule is CCCc1noc(COc2ccc3c(C(F)(F)F)cc(=O)oc3c2)n1. The molecule has 2 heterocycles. The van der Waals surface area contributed by atoms with E-state index < -0.39 is 17.4 Å². The van der Waals surface area contributed by atoms with Crippen molar-refractivity contribution in [1.29, 1.82) is 0 Å². The van der Waals surface area contributed by atoms with E-state index in [0.29, 0.717) is 18.3 Å². The van der Waals surface area contributed by atoms with Gasteiger partial charge in [0, 0.05) is 23.9 Å². The molecule has 0 saturated carbocycles. The van der Waals surface area contributed by atoms with Gasteiger partial charge in [0.1, 0.15) is 11.3 Å². The van der Waals surface area contributed by atoms with Crippen molar-refractivity contribution in [3.05, 3.63) is 52.0 Å². The van der Waals surface area contributed by atoms with Gasteiger partial charge in [-0.1, -0.05) is 12.1 Å². The van der Waals surface area contributed by atoms with E-state index in [0.717, 1.165) is 6.42 Å². The summed E-state index contributed by atoms with van der Waals surface area (Å²) in [5, 5.41) is 3.55. The molecule has 0 fully saturated rings. The second kappa shape index (κ2) is 6.58. The Hall–Kier alpha value is -2.84. The Morgan fingerprint density at radius 2 is 2.04 bits per heavy atom. The molecule has 9 heteroatoms. The Morgan fingerprint density at radius 3 is 2.76 bits per heavy atom. The maximum absolute atomic E-state index is 13.0. The number of hydrogen-bond donors (Lipinski definition) is 0. The van der Waals surface area contributed by atoms with Crippen LogP contribution in [-0.2, 0) is 19.2 Å². The molecular formula is C16H13F3N2O4. The van der Waals surface area contributed by atoms with Crippen LogP contribution in [-0.4, -0.2) is 10.1 Å². The lowest BCUT2D eigenvalue weighted by molar-refractivity contribution is -0.136. The van der Waals surface area contributed by atoms with Crippen LogP contribution in [0.5, 0.6) is 5.75 Å². The van der Waals surface area contributed by atoms with E-state index in [1.54, 1.807) is 0 Å². The second-order valence-corrected chi connectivity index (χ2v) is 5.28. The Morgan fingerprint density at radius 1 is 1.24 bits per heavy atom. The fourth-order valence-corrected chi connectivity index (χ4v) is 2.29. The van der Waals surface area contributed by atoms with Crippen molar-refractivity contribution in [2.75, 3.05) is 0 Å². The van der Waals surface area contributed by atoms with Gasteiger partial charge < -0.3 is 13.7 Å². The molecule has 6 nitrogen and oxygen atoms in total. The molecule has 0 aliphatic carbocycles. The monoisotopic (exact) mass is 354 g/mol. The first-order valence-corrected chi connectivity index (χ1v) is 7.46. The van der Waals surface area contributed by atoms with Crippen molar-refractivity contribution in [2.45, 2.75) is 32.5 Å². The van der Waals surface area contributed by atoms with Crippen molar-refractivity contribution in [3.8, 4) is 5.75 Å². The summed E-state index contributed by atoms with van der Waals surface area (Å²) in [6, 6.07) is 4.18. The number of ether oxygens (including phenoxy) is 1. The molecule has 0 unspecified atom stereocenters. The molecular weight excluding hydrogens is 341 g/mol. The van der Waals surface area contributed by atoms with Gasteiger partial charge in [0.25, 0.3) is 5.89 Å². The first-order chi connectivity index (χ1) is 11.9. The number of benzene rings is 1. The average Bonchev–Trinajstić information content (AvgIpc) is 2.99. The Balaban J connectivity index is 1.84. The van der Waals surface area contributed by atoms with Gasteiger partial charge in [0.05, 0.1) is 5.56 Å². The van der Waals surface area contributed by atoms with Gasteiger partial charge in [0.15, 0.2) is 12.4 Å². The predicted molar refractivity (Wildman–Crippen MR) is 80.1 cm³/mol. The third-order valence-electron chi connectivity index (χ3n) is 3.37. The largest absolute Gasteiger partial charge is 0.484 e. The molecule has 0 atom stereocenters. The Bertz CT molecular complexity index is 946. The quantitative estimate of drug-likeness (QED) is 0.650. The first-order valence-electron chi connectivity index (χ1n) is 7.46. The molecule has 0 saturated heterocycles. The van der Waals surface area contributed by atoms with Gasteiger partial charge in [-0.2, -0.15) is 18.2 Å². The lowest BCUT2D eigenvalue weighted by Crippen LogP contribution is -2.11. The molecule has 3 aromatic rings. The van der Waals surface area contributed by atoms with Crippen molar-refractivity contribution < 1.29 is 26.8 Å². The molecule has 0 aliphatic heterocycles. The summed E-state index contributed by atoms with van der Waals surface area (Å²) in [6.07, 6.45) is -3.12. The minimum atomic E-state index is -4.66. The van der Waals surface area contributed by atoms with Crippen molar-refractivity contribution in [2.24, 2.45) is 0 Å². The normalized spacial score (nSPS) is 11.8. The Kier molecular flexibility index (Phi) is 4.47. The minimum absolute atomic E-state index is 0.0502. The highest BCUT2D eigenvalue weighted by Crippen LogP contribution is 2.34. The number of aryl methyl sites for hydroxylation is 1. The van der Waals surface area contributed by atoms with E-state index in [2.05, 4.69) is 10.1 Å². The highest BCUT2D eigenvalue weighted by molar-refractivity contribution is 5.82. The summed E-state index contributed by atoms with van der Waals surface area (Å²) in [5.74, 6) is 1.01. The van der Waals surface area contributed by atoms with E-state index in [4.69, 9.17) is 13.7 Å². The fraction of sp³-hybridized carbons (Fsp3) is 0.312. The van der Waals surface area contributed by atoms with Crippen LogP contribution >= 0.6 is 0 Å². The third kappa shape index (κ3) is 3.81. The molecule has 0 spiro atoms. The van der Waals surface area contributed by atoms with Crippen LogP contribution in [0.2, 0.25) is 0 Å². The van der Waals surface area contributed by atoms with E-state index >= 15 is 0 Å². The molecule has 0 bridgehead atoms. The molecule has 0 radical (unpaired) electrons. The van der Waals surface area contributed by atoms with Crippen LogP contribution in [0.15, 0.2) is 38.0 Å². The lowest BCUT2D eigenvalue weighted by atomic mass is 10.1. The smallest absolute Gasteiger partial charge is 0.417 e. The number of fused-ring (bicyclic) bond motifs is 1. The number of rotatable bonds is 5. The molecule has 1 aromatic carbocycles.